The molecule has 2 nitrogen and oxygen atoms in total. The molecule has 0 aromatic heterocycles. The van der Waals surface area contributed by atoms with Crippen LogP contribution in [-0.2, 0) is 0 Å². The van der Waals surface area contributed by atoms with Crippen molar-refractivity contribution in [2.45, 2.75) is 0 Å². The fourth-order valence-electron chi connectivity index (χ4n) is 0.891. The molecule has 0 atom stereocenters. The Kier molecular flexibility index (Phi) is 4.09. The summed E-state index contributed by atoms with van der Waals surface area (Å²) in [7, 11) is 1.39. The predicted octanol–water partition coefficient (Wildman–Crippen LogP) is 2.92. The van der Waals surface area contributed by atoms with Gasteiger partial charge in [-0.3, -0.25) is 0 Å². The topological polar surface area (TPSA) is 24.1 Å². The van der Waals surface area contributed by atoms with Gasteiger partial charge in [-0.05, 0) is 28.1 Å². The van der Waals surface area contributed by atoms with Crippen molar-refractivity contribution in [1.29, 1.82) is 0 Å². The number of thiocarbonyl (C=S) groups is 1. The number of anilines is 1. The van der Waals surface area contributed by atoms with E-state index in [-0.39, 0.29) is 5.11 Å². The van der Waals surface area contributed by atoms with Crippen molar-refractivity contribution in [3.63, 3.8) is 0 Å². The Balaban J connectivity index is 3.34. The average Bonchev–Trinajstić information content (AvgIpc) is 2.29. The largest absolute Gasteiger partial charge is 0.366 e. The molecule has 1 aromatic rings. The second-order valence-corrected chi connectivity index (χ2v) is 3.85. The minimum Gasteiger partial charge on any atom is -0.366 e. The number of benzene rings is 1. The second-order valence-electron chi connectivity index (χ2n) is 2.65. The van der Waals surface area contributed by atoms with Crippen molar-refractivity contribution in [2.75, 3.05) is 12.4 Å². The van der Waals surface area contributed by atoms with Crippen LogP contribution in [0.5, 0.6) is 0 Å². The number of halogens is 5. The van der Waals surface area contributed by atoms with E-state index >= 15 is 0 Å². The highest BCUT2D eigenvalue weighted by molar-refractivity contribution is 9.10. The van der Waals surface area contributed by atoms with E-state index in [9.17, 15) is 17.6 Å². The number of rotatable bonds is 1. The molecule has 0 unspecified atom stereocenters. The van der Waals surface area contributed by atoms with Crippen molar-refractivity contribution in [2.24, 2.45) is 0 Å². The molecule has 16 heavy (non-hydrogen) atoms. The first-order chi connectivity index (χ1) is 7.40. The van der Waals surface area contributed by atoms with Gasteiger partial charge in [0.1, 0.15) is 5.69 Å². The van der Waals surface area contributed by atoms with E-state index in [1.807, 2.05) is 5.32 Å². The van der Waals surface area contributed by atoms with Gasteiger partial charge in [-0.15, -0.1) is 0 Å². The van der Waals surface area contributed by atoms with Crippen molar-refractivity contribution in [3.05, 3.63) is 27.7 Å². The van der Waals surface area contributed by atoms with Gasteiger partial charge >= 0.3 is 0 Å². The predicted molar refractivity (Wildman–Crippen MR) is 59.3 cm³/mol. The lowest BCUT2D eigenvalue weighted by atomic mass is 10.2. The van der Waals surface area contributed by atoms with Crippen LogP contribution in [0.25, 0.3) is 0 Å². The Hall–Kier alpha value is -0.890. The first-order valence-electron chi connectivity index (χ1n) is 3.90. The molecule has 0 heterocycles. The lowest BCUT2D eigenvalue weighted by Gasteiger charge is -2.11. The number of hydrogen-bond acceptors (Lipinski definition) is 1. The molecule has 8 heteroatoms. The Labute approximate surface area is 102 Å². The third-order valence-electron chi connectivity index (χ3n) is 1.68. The molecule has 0 fully saturated rings. The summed E-state index contributed by atoms with van der Waals surface area (Å²) in [5.74, 6) is -6.16. The van der Waals surface area contributed by atoms with Gasteiger partial charge in [0.2, 0.25) is 0 Å². The summed E-state index contributed by atoms with van der Waals surface area (Å²) >= 11 is 6.96. The highest BCUT2D eigenvalue weighted by atomic mass is 79.9. The lowest BCUT2D eigenvalue weighted by molar-refractivity contribution is 0.452. The maximum absolute atomic E-state index is 13.2. The van der Waals surface area contributed by atoms with Crippen molar-refractivity contribution < 1.29 is 17.6 Å². The van der Waals surface area contributed by atoms with E-state index in [4.69, 9.17) is 0 Å². The summed E-state index contributed by atoms with van der Waals surface area (Å²) in [5, 5.41) is 4.19. The van der Waals surface area contributed by atoms with Gasteiger partial charge in [0.25, 0.3) is 0 Å². The molecule has 0 saturated heterocycles. The normalized spacial score (nSPS) is 10.1. The van der Waals surface area contributed by atoms with E-state index in [1.54, 1.807) is 0 Å². The van der Waals surface area contributed by atoms with E-state index in [0.717, 1.165) is 0 Å². The van der Waals surface area contributed by atoms with Gasteiger partial charge in [0.15, 0.2) is 28.4 Å². The smallest absolute Gasteiger partial charge is 0.186 e. The van der Waals surface area contributed by atoms with Crippen LogP contribution in [0.2, 0.25) is 0 Å². The van der Waals surface area contributed by atoms with Gasteiger partial charge in [-0.2, -0.15) is 0 Å². The highest BCUT2D eigenvalue weighted by Gasteiger charge is 2.24. The zero-order chi connectivity index (χ0) is 12.5. The van der Waals surface area contributed by atoms with Crippen LogP contribution < -0.4 is 10.6 Å². The molecule has 0 radical (unpaired) electrons. The first kappa shape index (κ1) is 13.2. The summed E-state index contributed by atoms with van der Waals surface area (Å²) in [4.78, 5) is 0. The Morgan fingerprint density at radius 1 is 1.06 bits per heavy atom. The Morgan fingerprint density at radius 2 is 1.50 bits per heavy atom. The van der Waals surface area contributed by atoms with Gasteiger partial charge in [-0.1, -0.05) is 0 Å². The Bertz CT molecular complexity index is 423. The molecule has 0 aliphatic carbocycles. The van der Waals surface area contributed by atoms with Gasteiger partial charge in [0, 0.05) is 7.05 Å². The fraction of sp³-hybridized carbons (Fsp3) is 0.125. The zero-order valence-electron chi connectivity index (χ0n) is 7.80. The van der Waals surface area contributed by atoms with Crippen molar-refractivity contribution in [1.82, 2.24) is 5.32 Å². The summed E-state index contributed by atoms with van der Waals surface area (Å²) < 4.78 is 51.7. The van der Waals surface area contributed by atoms with E-state index in [2.05, 4.69) is 33.5 Å². The minimum absolute atomic E-state index is 0.168. The molecule has 1 rings (SSSR count). The first-order valence-corrected chi connectivity index (χ1v) is 5.10. The lowest BCUT2D eigenvalue weighted by Crippen LogP contribution is -2.26. The van der Waals surface area contributed by atoms with Crippen LogP contribution in [0.15, 0.2) is 4.47 Å². The van der Waals surface area contributed by atoms with Gasteiger partial charge < -0.3 is 10.6 Å². The average molecular weight is 317 g/mol. The van der Waals surface area contributed by atoms with Crippen LogP contribution in [0.4, 0.5) is 23.2 Å². The van der Waals surface area contributed by atoms with Crippen LogP contribution >= 0.6 is 28.1 Å². The zero-order valence-corrected chi connectivity index (χ0v) is 10.2. The summed E-state index contributed by atoms with van der Waals surface area (Å²) in [6, 6.07) is 0. The molecule has 1 aromatic carbocycles. The van der Waals surface area contributed by atoms with Crippen LogP contribution in [0.3, 0.4) is 0 Å². The van der Waals surface area contributed by atoms with Gasteiger partial charge in [-0.25, -0.2) is 17.6 Å². The van der Waals surface area contributed by atoms with Gasteiger partial charge in [0.05, 0.1) is 4.47 Å². The highest BCUT2D eigenvalue weighted by Crippen LogP contribution is 2.31. The van der Waals surface area contributed by atoms with E-state index < -0.39 is 33.4 Å². The second kappa shape index (κ2) is 4.96. The molecular weight excluding hydrogens is 312 g/mol. The SMILES string of the molecule is CNC(=S)Nc1c(F)c(F)c(Br)c(F)c1F. The third-order valence-corrected chi connectivity index (χ3v) is 2.68. The summed E-state index contributed by atoms with van der Waals surface area (Å²) in [6.45, 7) is 0. The molecule has 0 saturated carbocycles. The number of hydrogen-bond donors (Lipinski definition) is 2. The monoisotopic (exact) mass is 316 g/mol. The third kappa shape index (κ3) is 2.27. The summed E-state index contributed by atoms with van der Waals surface area (Å²) in [6.07, 6.45) is 0. The molecule has 0 spiro atoms. The maximum atomic E-state index is 13.2. The molecule has 2 N–H and O–H groups in total. The van der Waals surface area contributed by atoms with Crippen molar-refractivity contribution in [3.8, 4) is 0 Å². The minimum atomic E-state index is -1.55. The van der Waals surface area contributed by atoms with E-state index in [1.165, 1.54) is 7.05 Å². The van der Waals surface area contributed by atoms with Crippen molar-refractivity contribution >= 4 is 38.9 Å². The molecule has 0 amide bonds. The fourth-order valence-corrected chi connectivity index (χ4v) is 1.34. The maximum Gasteiger partial charge on any atom is 0.186 e. The molecule has 0 aliphatic heterocycles. The molecule has 88 valence electrons. The molecule has 0 aliphatic rings. The number of nitrogens with one attached hydrogen (secondary N) is 2. The Morgan fingerprint density at radius 3 is 1.88 bits per heavy atom. The molecule has 0 bridgehead atoms. The standard InChI is InChI=1S/C8H5BrF4N2S/c1-14-8(16)15-7-5(12)3(10)2(9)4(11)6(7)13/h1H3,(H2,14,15,16). The van der Waals surface area contributed by atoms with Crippen LogP contribution in [0.1, 0.15) is 0 Å². The summed E-state index contributed by atoms with van der Waals surface area (Å²) in [5.41, 5.74) is -0.974. The van der Waals surface area contributed by atoms with Crippen LogP contribution in [-0.4, -0.2) is 12.2 Å². The quantitative estimate of drug-likeness (QED) is 0.360. The van der Waals surface area contributed by atoms with Crippen LogP contribution in [0, 0.1) is 23.3 Å². The molecular formula is C8H5BrF4N2S. The van der Waals surface area contributed by atoms with E-state index in [0.29, 0.717) is 0 Å².